The summed E-state index contributed by atoms with van der Waals surface area (Å²) in [5.74, 6) is 0. The van der Waals surface area contributed by atoms with E-state index in [9.17, 15) is 0 Å². The van der Waals surface area contributed by atoms with Crippen molar-refractivity contribution >= 4 is 32.3 Å². The number of benzene rings is 6. The van der Waals surface area contributed by atoms with E-state index in [2.05, 4.69) is 127 Å². The van der Waals surface area contributed by atoms with Gasteiger partial charge in [-0.3, -0.25) is 9.97 Å². The second kappa shape index (κ2) is 10.3. The van der Waals surface area contributed by atoms with Crippen LogP contribution in [0.15, 0.2) is 152 Å². The first-order valence-corrected chi connectivity index (χ1v) is 14.7. The lowest BCUT2D eigenvalue weighted by Gasteiger charge is -2.19. The van der Waals surface area contributed by atoms with E-state index in [0.717, 1.165) is 22.5 Å². The molecule has 0 N–H and O–H groups in total. The second-order valence-corrected chi connectivity index (χ2v) is 11.1. The highest BCUT2D eigenvalue weighted by Gasteiger charge is 2.18. The molecule has 0 atom stereocenters. The Morgan fingerprint density at radius 1 is 0.419 bits per heavy atom. The van der Waals surface area contributed by atoms with Crippen molar-refractivity contribution in [1.29, 1.82) is 0 Å². The molecule has 8 rings (SSSR count). The summed E-state index contributed by atoms with van der Waals surface area (Å²) in [6.45, 7) is 2.22. The molecule has 0 aliphatic heterocycles. The molecule has 43 heavy (non-hydrogen) atoms. The molecule has 0 aliphatic rings. The van der Waals surface area contributed by atoms with E-state index >= 15 is 0 Å². The van der Waals surface area contributed by atoms with Crippen molar-refractivity contribution in [3.8, 4) is 44.8 Å². The van der Waals surface area contributed by atoms with Gasteiger partial charge in [0.1, 0.15) is 0 Å². The summed E-state index contributed by atoms with van der Waals surface area (Å²) >= 11 is 0. The molecule has 0 fully saturated rings. The predicted octanol–water partition coefficient (Wildman–Crippen LogP) is 10.9. The lowest BCUT2D eigenvalue weighted by atomic mass is 9.84. The number of rotatable bonds is 4. The fourth-order valence-electron chi connectivity index (χ4n) is 6.43. The Kier molecular flexibility index (Phi) is 6.05. The summed E-state index contributed by atoms with van der Waals surface area (Å²) < 4.78 is 0. The molecule has 202 valence electrons. The van der Waals surface area contributed by atoms with Crippen LogP contribution in [0.2, 0.25) is 0 Å². The third-order valence-corrected chi connectivity index (χ3v) is 8.49. The van der Waals surface area contributed by atoms with Gasteiger partial charge in [0.2, 0.25) is 0 Å². The molecular weight excluding hydrogens is 520 g/mol. The van der Waals surface area contributed by atoms with Crippen molar-refractivity contribution in [3.05, 3.63) is 157 Å². The van der Waals surface area contributed by atoms with Gasteiger partial charge in [-0.2, -0.15) is 0 Å². The molecule has 0 aliphatic carbocycles. The van der Waals surface area contributed by atoms with Crippen LogP contribution in [0.3, 0.4) is 0 Å². The van der Waals surface area contributed by atoms with Gasteiger partial charge in [-0.15, -0.1) is 0 Å². The van der Waals surface area contributed by atoms with Gasteiger partial charge in [0.15, 0.2) is 0 Å². The molecule has 0 saturated carbocycles. The molecule has 8 aromatic rings. The summed E-state index contributed by atoms with van der Waals surface area (Å²) in [4.78, 5) is 9.15. The highest BCUT2D eigenvalue weighted by Crippen LogP contribution is 2.45. The average molecular weight is 549 g/mol. The van der Waals surface area contributed by atoms with Crippen molar-refractivity contribution in [2.45, 2.75) is 6.92 Å². The van der Waals surface area contributed by atoms with Crippen molar-refractivity contribution in [2.75, 3.05) is 0 Å². The molecule has 6 aromatic carbocycles. The zero-order valence-electron chi connectivity index (χ0n) is 23.8. The Hall–Kier alpha value is -5.60. The summed E-state index contributed by atoms with van der Waals surface area (Å²) in [6.07, 6.45) is 3.75. The van der Waals surface area contributed by atoms with E-state index in [0.29, 0.717) is 0 Å². The van der Waals surface area contributed by atoms with Crippen LogP contribution < -0.4 is 0 Å². The number of pyridine rings is 2. The molecule has 0 saturated heterocycles. The summed E-state index contributed by atoms with van der Waals surface area (Å²) in [6, 6.07) is 50.0. The van der Waals surface area contributed by atoms with E-state index in [4.69, 9.17) is 4.98 Å². The first-order valence-electron chi connectivity index (χ1n) is 14.7. The van der Waals surface area contributed by atoms with Crippen LogP contribution in [0.1, 0.15) is 5.56 Å². The van der Waals surface area contributed by atoms with Gasteiger partial charge in [0.25, 0.3) is 0 Å². The minimum Gasteiger partial charge on any atom is -0.255 e. The van der Waals surface area contributed by atoms with E-state index in [-0.39, 0.29) is 0 Å². The van der Waals surface area contributed by atoms with Crippen molar-refractivity contribution < 1.29 is 0 Å². The Morgan fingerprint density at radius 3 is 1.67 bits per heavy atom. The lowest BCUT2D eigenvalue weighted by Crippen LogP contribution is -1.93. The Labute approximate surface area is 251 Å². The molecule has 0 spiro atoms. The number of aryl methyl sites for hydroxylation is 1. The van der Waals surface area contributed by atoms with Crippen LogP contribution in [0, 0.1) is 6.92 Å². The zero-order chi connectivity index (χ0) is 28.8. The average Bonchev–Trinajstić information content (AvgIpc) is 3.07. The van der Waals surface area contributed by atoms with Crippen molar-refractivity contribution in [2.24, 2.45) is 0 Å². The molecule has 0 radical (unpaired) electrons. The largest absolute Gasteiger partial charge is 0.255 e. The van der Waals surface area contributed by atoms with Gasteiger partial charge < -0.3 is 0 Å². The zero-order valence-corrected chi connectivity index (χ0v) is 23.8. The van der Waals surface area contributed by atoms with Gasteiger partial charge in [-0.1, -0.05) is 115 Å². The van der Waals surface area contributed by atoms with E-state index < -0.39 is 0 Å². The van der Waals surface area contributed by atoms with Crippen LogP contribution in [0.4, 0.5) is 0 Å². The molecule has 2 heterocycles. The highest BCUT2D eigenvalue weighted by atomic mass is 14.8. The number of hydrogen-bond donors (Lipinski definition) is 0. The van der Waals surface area contributed by atoms with Crippen LogP contribution >= 0.6 is 0 Å². The highest BCUT2D eigenvalue weighted by molar-refractivity contribution is 6.22. The molecule has 2 heteroatoms. The maximum absolute atomic E-state index is 4.71. The van der Waals surface area contributed by atoms with E-state index in [1.807, 2.05) is 30.5 Å². The van der Waals surface area contributed by atoms with Crippen LogP contribution in [-0.4, -0.2) is 9.97 Å². The second-order valence-electron chi connectivity index (χ2n) is 11.1. The Morgan fingerprint density at radius 2 is 1.02 bits per heavy atom. The molecular formula is C41H28N2. The predicted molar refractivity (Wildman–Crippen MR) is 181 cm³/mol. The van der Waals surface area contributed by atoms with Crippen LogP contribution in [0.25, 0.3) is 77.1 Å². The van der Waals surface area contributed by atoms with E-state index in [1.165, 1.54) is 60.1 Å². The minimum absolute atomic E-state index is 0.877. The summed E-state index contributed by atoms with van der Waals surface area (Å²) in [5.41, 5.74) is 10.3. The first-order chi connectivity index (χ1) is 21.2. The maximum Gasteiger partial charge on any atom is 0.0886 e. The van der Waals surface area contributed by atoms with Gasteiger partial charge in [0, 0.05) is 18.0 Å². The quantitative estimate of drug-likeness (QED) is 0.204. The van der Waals surface area contributed by atoms with Gasteiger partial charge in [-0.25, -0.2) is 0 Å². The topological polar surface area (TPSA) is 25.8 Å². The maximum atomic E-state index is 4.71. The van der Waals surface area contributed by atoms with E-state index in [1.54, 1.807) is 6.20 Å². The fraction of sp³-hybridized carbons (Fsp3) is 0.0244. The summed E-state index contributed by atoms with van der Waals surface area (Å²) in [7, 11) is 0. The molecule has 0 bridgehead atoms. The first kappa shape index (κ1) is 25.1. The van der Waals surface area contributed by atoms with Gasteiger partial charge >= 0.3 is 0 Å². The number of hydrogen-bond acceptors (Lipinski definition) is 2. The van der Waals surface area contributed by atoms with Gasteiger partial charge in [0.05, 0.1) is 11.4 Å². The van der Waals surface area contributed by atoms with Crippen molar-refractivity contribution in [3.63, 3.8) is 0 Å². The monoisotopic (exact) mass is 548 g/mol. The minimum atomic E-state index is 0.877. The smallest absolute Gasteiger partial charge is 0.0886 e. The number of nitrogens with zero attached hydrogens (tertiary/aromatic N) is 2. The fourth-order valence-corrected chi connectivity index (χ4v) is 6.43. The molecule has 2 nitrogen and oxygen atoms in total. The van der Waals surface area contributed by atoms with Crippen LogP contribution in [-0.2, 0) is 0 Å². The van der Waals surface area contributed by atoms with Crippen molar-refractivity contribution in [1.82, 2.24) is 9.97 Å². The number of fused-ring (bicyclic) bond motifs is 3. The van der Waals surface area contributed by atoms with Gasteiger partial charge in [-0.05, 0) is 96.9 Å². The molecule has 2 aromatic heterocycles. The lowest BCUT2D eigenvalue weighted by molar-refractivity contribution is 1.25. The molecule has 0 amide bonds. The number of aromatic nitrogens is 2. The SMILES string of the molecule is Cc1cc(-c2ccc(-c3ccccn3)nc2)ccc1-c1c2ccccc2c(-c2ccc3ccccc3c2)c2ccccc12. The Balaban J connectivity index is 1.29. The standard InChI is InChI=1S/C41H28N2/c1-27-24-30(32-20-22-39(43-26-32)38-16-8-9-23-42-38)19-21-33(27)41-36-14-6-4-12-34(36)40(35-13-5-7-15-37(35)41)31-18-17-28-10-2-3-11-29(28)25-31/h2-26H,1H3. The summed E-state index contributed by atoms with van der Waals surface area (Å²) in [5, 5.41) is 7.58. The normalized spacial score (nSPS) is 11.4. The third kappa shape index (κ3) is 4.36. The van der Waals surface area contributed by atoms with Crippen LogP contribution in [0.5, 0.6) is 0 Å². The Bertz CT molecular complexity index is 2230. The third-order valence-electron chi connectivity index (χ3n) is 8.49. The molecule has 0 unspecified atom stereocenters.